The molecule has 1 aliphatic rings. The van der Waals surface area contributed by atoms with Gasteiger partial charge >= 0.3 is 0 Å². The van der Waals surface area contributed by atoms with Crippen LogP contribution < -0.4 is 4.74 Å². The molecule has 0 aliphatic carbocycles. The highest BCUT2D eigenvalue weighted by Gasteiger charge is 2.27. The molecule has 1 N–H and O–H groups in total. The number of para-hydroxylation sites is 1. The van der Waals surface area contributed by atoms with E-state index in [2.05, 4.69) is 15.9 Å². The molecule has 2 atom stereocenters. The molecular formula is C16H14BrFO2S. The monoisotopic (exact) mass is 368 g/mol. The van der Waals surface area contributed by atoms with E-state index in [9.17, 15) is 9.50 Å². The average Bonchev–Trinajstić information content (AvgIpc) is 2.49. The van der Waals surface area contributed by atoms with Gasteiger partial charge in [0.2, 0.25) is 0 Å². The van der Waals surface area contributed by atoms with Gasteiger partial charge in [0.05, 0.1) is 6.10 Å². The number of hydrogen-bond acceptors (Lipinski definition) is 3. The van der Waals surface area contributed by atoms with Crippen LogP contribution in [0.2, 0.25) is 0 Å². The normalized spacial score (nSPS) is 18.7. The summed E-state index contributed by atoms with van der Waals surface area (Å²) in [5, 5.41) is 10.4. The number of hydrogen-bond donors (Lipinski definition) is 1. The summed E-state index contributed by atoms with van der Waals surface area (Å²) in [7, 11) is 0. The lowest BCUT2D eigenvalue weighted by Gasteiger charge is -2.29. The van der Waals surface area contributed by atoms with Crippen LogP contribution in [0.5, 0.6) is 5.75 Å². The molecule has 0 radical (unpaired) electrons. The van der Waals surface area contributed by atoms with Crippen LogP contribution in [0, 0.1) is 5.82 Å². The van der Waals surface area contributed by atoms with Gasteiger partial charge in [-0.15, -0.1) is 11.8 Å². The number of rotatable bonds is 3. The summed E-state index contributed by atoms with van der Waals surface area (Å²) in [4.78, 5) is 1.10. The van der Waals surface area contributed by atoms with Gasteiger partial charge in [-0.25, -0.2) is 4.39 Å². The van der Waals surface area contributed by atoms with Crippen LogP contribution in [0.15, 0.2) is 51.8 Å². The van der Waals surface area contributed by atoms with Crippen molar-refractivity contribution < 1.29 is 14.2 Å². The second-order valence-electron chi connectivity index (χ2n) is 4.92. The summed E-state index contributed by atoms with van der Waals surface area (Å²) in [6.45, 7) is 0. The zero-order valence-electron chi connectivity index (χ0n) is 11.1. The van der Waals surface area contributed by atoms with E-state index in [-0.39, 0.29) is 11.9 Å². The molecule has 0 bridgehead atoms. The van der Waals surface area contributed by atoms with E-state index in [1.807, 2.05) is 24.3 Å². The molecule has 2 unspecified atom stereocenters. The highest BCUT2D eigenvalue weighted by Crippen LogP contribution is 2.36. The second kappa shape index (κ2) is 6.38. The summed E-state index contributed by atoms with van der Waals surface area (Å²) in [6.07, 6.45) is -0.469. The maximum Gasteiger partial charge on any atom is 0.134 e. The standard InChI is InChI=1S/C16H14BrFO2S/c17-12-8-11(18)6-5-10(12)7-13(19)15-9-21-16-4-2-1-3-14(16)20-15/h1-6,8,13,15,19H,7,9H2. The van der Waals surface area contributed by atoms with E-state index in [1.165, 1.54) is 12.1 Å². The summed E-state index contributed by atoms with van der Waals surface area (Å²) in [5.74, 6) is 1.23. The Morgan fingerprint density at radius 3 is 2.95 bits per heavy atom. The minimum absolute atomic E-state index is 0.262. The number of fused-ring (bicyclic) bond motifs is 1. The number of benzene rings is 2. The van der Waals surface area contributed by atoms with Gasteiger partial charge in [0.25, 0.3) is 0 Å². The molecule has 2 nitrogen and oxygen atoms in total. The molecule has 1 heterocycles. The van der Waals surface area contributed by atoms with Crippen molar-refractivity contribution in [1.82, 2.24) is 0 Å². The van der Waals surface area contributed by atoms with E-state index >= 15 is 0 Å². The molecule has 0 saturated carbocycles. The molecule has 21 heavy (non-hydrogen) atoms. The van der Waals surface area contributed by atoms with Gasteiger partial charge in [-0.1, -0.05) is 34.1 Å². The van der Waals surface area contributed by atoms with E-state index in [4.69, 9.17) is 4.74 Å². The fourth-order valence-corrected chi connectivity index (χ4v) is 3.85. The van der Waals surface area contributed by atoms with E-state index in [0.29, 0.717) is 16.6 Å². The Labute approximate surface area is 135 Å². The van der Waals surface area contributed by atoms with Gasteiger partial charge in [0.15, 0.2) is 0 Å². The molecule has 2 aromatic rings. The molecule has 5 heteroatoms. The maximum absolute atomic E-state index is 13.1. The zero-order valence-corrected chi connectivity index (χ0v) is 13.5. The SMILES string of the molecule is OC(Cc1ccc(F)cc1Br)C1CSc2ccccc2O1. The number of ether oxygens (including phenoxy) is 1. The number of halogens is 2. The maximum atomic E-state index is 13.1. The average molecular weight is 369 g/mol. The first-order valence-electron chi connectivity index (χ1n) is 6.64. The van der Waals surface area contributed by atoms with E-state index < -0.39 is 6.10 Å². The third kappa shape index (κ3) is 3.42. The summed E-state index contributed by atoms with van der Waals surface area (Å²) in [5.41, 5.74) is 0.872. The Hall–Kier alpha value is -1.04. The van der Waals surface area contributed by atoms with Crippen molar-refractivity contribution >= 4 is 27.7 Å². The first kappa shape index (κ1) is 14.9. The fourth-order valence-electron chi connectivity index (χ4n) is 2.27. The zero-order chi connectivity index (χ0) is 14.8. The van der Waals surface area contributed by atoms with Crippen LogP contribution in [0.4, 0.5) is 4.39 Å². The lowest BCUT2D eigenvalue weighted by Crippen LogP contribution is -2.37. The predicted octanol–water partition coefficient (Wildman–Crippen LogP) is 4.04. The van der Waals surface area contributed by atoms with E-state index in [1.54, 1.807) is 17.8 Å². The topological polar surface area (TPSA) is 29.5 Å². The smallest absolute Gasteiger partial charge is 0.134 e. The molecule has 0 aromatic heterocycles. The second-order valence-corrected chi connectivity index (χ2v) is 6.84. The first-order chi connectivity index (χ1) is 10.1. The minimum Gasteiger partial charge on any atom is -0.486 e. The first-order valence-corrected chi connectivity index (χ1v) is 8.42. The summed E-state index contributed by atoms with van der Waals surface area (Å²) >= 11 is 5.01. The quantitative estimate of drug-likeness (QED) is 0.886. The van der Waals surface area contributed by atoms with Crippen molar-refractivity contribution in [2.75, 3.05) is 5.75 Å². The van der Waals surface area contributed by atoms with Crippen LogP contribution in [-0.2, 0) is 6.42 Å². The van der Waals surface area contributed by atoms with Gasteiger partial charge in [0, 0.05) is 21.5 Å². The van der Waals surface area contributed by atoms with Crippen LogP contribution in [-0.4, -0.2) is 23.1 Å². The Morgan fingerprint density at radius 1 is 1.33 bits per heavy atom. The molecule has 0 fully saturated rings. The molecule has 0 spiro atoms. The largest absolute Gasteiger partial charge is 0.486 e. The summed E-state index contributed by atoms with van der Waals surface area (Å²) < 4.78 is 19.6. The van der Waals surface area contributed by atoms with Crippen molar-refractivity contribution in [1.29, 1.82) is 0 Å². The number of aliphatic hydroxyl groups is 1. The molecule has 0 amide bonds. The Balaban J connectivity index is 1.70. The molecule has 1 aliphatic heterocycles. The number of thioether (sulfide) groups is 1. The number of aliphatic hydroxyl groups excluding tert-OH is 1. The van der Waals surface area contributed by atoms with Gasteiger partial charge in [-0.05, 0) is 29.8 Å². The molecule has 3 rings (SSSR count). The van der Waals surface area contributed by atoms with Crippen LogP contribution in [0.25, 0.3) is 0 Å². The van der Waals surface area contributed by atoms with Crippen LogP contribution in [0.3, 0.4) is 0 Å². The summed E-state index contributed by atoms with van der Waals surface area (Å²) in [6, 6.07) is 12.3. The lowest BCUT2D eigenvalue weighted by molar-refractivity contribution is 0.0467. The Kier molecular flexibility index (Phi) is 4.52. The van der Waals surface area contributed by atoms with Crippen molar-refractivity contribution in [3.63, 3.8) is 0 Å². The Morgan fingerprint density at radius 2 is 2.14 bits per heavy atom. The van der Waals surface area contributed by atoms with Gasteiger partial charge < -0.3 is 9.84 Å². The predicted molar refractivity (Wildman–Crippen MR) is 85.4 cm³/mol. The third-order valence-electron chi connectivity index (χ3n) is 3.40. The lowest BCUT2D eigenvalue weighted by atomic mass is 10.0. The van der Waals surface area contributed by atoms with Crippen molar-refractivity contribution in [2.45, 2.75) is 23.5 Å². The molecular weight excluding hydrogens is 355 g/mol. The third-order valence-corrected chi connectivity index (χ3v) is 5.29. The van der Waals surface area contributed by atoms with Crippen LogP contribution >= 0.6 is 27.7 Å². The molecule has 2 aromatic carbocycles. The minimum atomic E-state index is -0.632. The molecule has 110 valence electrons. The fraction of sp³-hybridized carbons (Fsp3) is 0.250. The van der Waals surface area contributed by atoms with Crippen LogP contribution in [0.1, 0.15) is 5.56 Å². The highest BCUT2D eigenvalue weighted by atomic mass is 79.9. The van der Waals surface area contributed by atoms with Crippen molar-refractivity contribution in [3.05, 3.63) is 58.3 Å². The molecule has 0 saturated heterocycles. The van der Waals surface area contributed by atoms with Crippen molar-refractivity contribution in [2.24, 2.45) is 0 Å². The Bertz CT molecular complexity index is 650. The van der Waals surface area contributed by atoms with Gasteiger partial charge in [-0.2, -0.15) is 0 Å². The van der Waals surface area contributed by atoms with Crippen molar-refractivity contribution in [3.8, 4) is 5.75 Å². The van der Waals surface area contributed by atoms with E-state index in [0.717, 1.165) is 16.2 Å². The van der Waals surface area contributed by atoms with Gasteiger partial charge in [0.1, 0.15) is 17.7 Å². The van der Waals surface area contributed by atoms with Gasteiger partial charge in [-0.3, -0.25) is 0 Å². The highest BCUT2D eigenvalue weighted by molar-refractivity contribution is 9.10.